The Balaban J connectivity index is 1.09. The van der Waals surface area contributed by atoms with Crippen LogP contribution < -0.4 is 25.6 Å². The van der Waals surface area contributed by atoms with Crippen LogP contribution in [0.2, 0.25) is 0 Å². The molecular weight excluding hydrogens is 787 g/mol. The second-order valence-electron chi connectivity index (χ2n) is 16.4. The third-order valence-corrected chi connectivity index (χ3v) is 19.2. The summed E-state index contributed by atoms with van der Waals surface area (Å²) in [6.45, 7) is 0. The zero-order valence-electron chi connectivity index (χ0n) is 33.6. The number of fused-ring (bicyclic) bond motifs is 11. The third-order valence-electron chi connectivity index (χ3n) is 13.1. The van der Waals surface area contributed by atoms with E-state index in [0.29, 0.717) is 0 Å². The molecule has 0 saturated carbocycles. The molecule has 1 aliphatic rings. The number of anilines is 3. The molecule has 2 nitrogen and oxygen atoms in total. The van der Waals surface area contributed by atoms with E-state index in [1.165, 1.54) is 73.9 Å². The fraction of sp³-hybridized carbons (Fsp3) is 0. The molecule has 0 unspecified atom stereocenters. The number of nitrogens with zero attached hydrogens (tertiary/aromatic N) is 1. The summed E-state index contributed by atoms with van der Waals surface area (Å²) in [4.78, 5) is 2.46. The van der Waals surface area contributed by atoms with Crippen molar-refractivity contribution >= 4 is 110 Å². The van der Waals surface area contributed by atoms with Crippen LogP contribution in [0, 0.1) is 0 Å². The van der Waals surface area contributed by atoms with Crippen LogP contribution >= 0.6 is 11.3 Å². The average Bonchev–Trinajstić information content (AvgIpc) is 4.01. The van der Waals surface area contributed by atoms with Crippen molar-refractivity contribution in [3.8, 4) is 22.3 Å². The van der Waals surface area contributed by atoms with E-state index in [1.807, 2.05) is 11.3 Å². The lowest BCUT2D eigenvalue weighted by atomic mass is 10.00. The first-order chi connectivity index (χ1) is 30.7. The summed E-state index contributed by atoms with van der Waals surface area (Å²) in [6.07, 6.45) is 0. The van der Waals surface area contributed by atoms with Crippen LogP contribution in [-0.4, -0.2) is 8.07 Å². The van der Waals surface area contributed by atoms with E-state index in [9.17, 15) is 0 Å². The second kappa shape index (κ2) is 13.8. The average molecular weight is 824 g/mol. The van der Waals surface area contributed by atoms with E-state index in [0.717, 1.165) is 39.0 Å². The maximum Gasteiger partial charge on any atom is 0.181 e. The van der Waals surface area contributed by atoms with Gasteiger partial charge in [0.05, 0.1) is 11.1 Å². The summed E-state index contributed by atoms with van der Waals surface area (Å²) in [5, 5.41) is 13.0. The van der Waals surface area contributed by atoms with Gasteiger partial charge in [-0.05, 0) is 108 Å². The summed E-state index contributed by atoms with van der Waals surface area (Å²) < 4.78 is 9.23. The van der Waals surface area contributed by atoms with E-state index in [2.05, 4.69) is 229 Å². The zero-order chi connectivity index (χ0) is 40.8. The minimum absolute atomic E-state index is 0.875. The zero-order valence-corrected chi connectivity index (χ0v) is 35.4. The van der Waals surface area contributed by atoms with Crippen LogP contribution in [0.1, 0.15) is 0 Å². The molecule has 2 aromatic heterocycles. The molecule has 13 rings (SSSR count). The van der Waals surface area contributed by atoms with Crippen molar-refractivity contribution in [3.05, 3.63) is 224 Å². The maximum absolute atomic E-state index is 6.54. The molecule has 0 aliphatic carbocycles. The molecule has 62 heavy (non-hydrogen) atoms. The first-order valence-electron chi connectivity index (χ1n) is 21.2. The van der Waals surface area contributed by atoms with Gasteiger partial charge in [-0.25, -0.2) is 0 Å². The van der Waals surface area contributed by atoms with Crippen molar-refractivity contribution in [1.29, 1.82) is 0 Å². The number of para-hydroxylation sites is 1. The van der Waals surface area contributed by atoms with Gasteiger partial charge in [-0.2, -0.15) is 0 Å². The summed E-state index contributed by atoms with van der Waals surface area (Å²) in [5.74, 6) is 0. The highest BCUT2D eigenvalue weighted by atomic mass is 32.1. The predicted molar refractivity (Wildman–Crippen MR) is 267 cm³/mol. The molecule has 0 saturated heterocycles. The lowest BCUT2D eigenvalue weighted by Crippen LogP contribution is -2.72. The van der Waals surface area contributed by atoms with Crippen molar-refractivity contribution in [1.82, 2.24) is 0 Å². The van der Waals surface area contributed by atoms with Crippen LogP contribution in [0.5, 0.6) is 0 Å². The number of benzene rings is 10. The minimum atomic E-state index is -2.87. The minimum Gasteiger partial charge on any atom is -0.456 e. The number of rotatable bonds is 6. The number of thiophene rings is 1. The Kier molecular flexibility index (Phi) is 7.83. The molecule has 0 N–H and O–H groups in total. The molecular formula is C58H37NOSSi. The van der Waals surface area contributed by atoms with E-state index in [1.54, 1.807) is 0 Å². The van der Waals surface area contributed by atoms with E-state index in [4.69, 9.17) is 4.42 Å². The van der Waals surface area contributed by atoms with E-state index in [-0.39, 0.29) is 0 Å². The third kappa shape index (κ3) is 5.14. The highest BCUT2D eigenvalue weighted by molar-refractivity contribution is 7.28. The van der Waals surface area contributed by atoms with Crippen LogP contribution in [0.15, 0.2) is 229 Å². The molecule has 0 amide bonds. The van der Waals surface area contributed by atoms with Gasteiger partial charge in [0.2, 0.25) is 0 Å². The molecule has 4 heteroatoms. The lowest BCUT2D eigenvalue weighted by Gasteiger charge is -2.33. The Morgan fingerprint density at radius 3 is 1.89 bits per heavy atom. The number of hydrogen-bond donors (Lipinski definition) is 0. The van der Waals surface area contributed by atoms with Crippen LogP contribution in [-0.2, 0) is 0 Å². The van der Waals surface area contributed by atoms with Crippen LogP contribution in [0.25, 0.3) is 75.1 Å². The van der Waals surface area contributed by atoms with Crippen LogP contribution in [0.3, 0.4) is 0 Å². The molecule has 0 radical (unpaired) electrons. The van der Waals surface area contributed by atoms with Gasteiger partial charge in [0.25, 0.3) is 0 Å². The largest absolute Gasteiger partial charge is 0.456 e. The molecule has 0 bridgehead atoms. The van der Waals surface area contributed by atoms with Crippen molar-refractivity contribution < 1.29 is 4.42 Å². The Morgan fingerprint density at radius 2 is 1.08 bits per heavy atom. The molecule has 1 aliphatic heterocycles. The molecule has 290 valence electrons. The topological polar surface area (TPSA) is 16.4 Å². The smallest absolute Gasteiger partial charge is 0.181 e. The molecule has 12 aromatic rings. The first-order valence-corrected chi connectivity index (χ1v) is 24.1. The van der Waals surface area contributed by atoms with Gasteiger partial charge in [0.1, 0.15) is 11.2 Å². The second-order valence-corrected chi connectivity index (χ2v) is 21.2. The van der Waals surface area contributed by atoms with Crippen LogP contribution in [0.4, 0.5) is 17.1 Å². The van der Waals surface area contributed by atoms with Gasteiger partial charge in [-0.1, -0.05) is 170 Å². The summed E-state index contributed by atoms with van der Waals surface area (Å²) in [7, 11) is -2.87. The van der Waals surface area contributed by atoms with Gasteiger partial charge >= 0.3 is 0 Å². The van der Waals surface area contributed by atoms with Crippen molar-refractivity contribution in [3.63, 3.8) is 0 Å². The quantitative estimate of drug-likeness (QED) is 0.155. The van der Waals surface area contributed by atoms with Gasteiger partial charge in [-0.3, -0.25) is 0 Å². The van der Waals surface area contributed by atoms with Crippen molar-refractivity contribution in [2.24, 2.45) is 0 Å². The van der Waals surface area contributed by atoms with Crippen molar-refractivity contribution in [2.45, 2.75) is 0 Å². The number of hydrogen-bond acceptors (Lipinski definition) is 3. The lowest BCUT2D eigenvalue weighted by molar-refractivity contribution is 0.669. The highest BCUT2D eigenvalue weighted by Gasteiger charge is 2.49. The summed E-state index contributed by atoms with van der Waals surface area (Å²) in [5.41, 5.74) is 10.2. The maximum atomic E-state index is 6.54. The van der Waals surface area contributed by atoms with Gasteiger partial charge < -0.3 is 9.32 Å². The first kappa shape index (κ1) is 35.3. The highest BCUT2D eigenvalue weighted by Crippen LogP contribution is 2.46. The van der Waals surface area contributed by atoms with E-state index >= 15 is 0 Å². The molecule has 0 fully saturated rings. The van der Waals surface area contributed by atoms with Gasteiger partial charge in [0.15, 0.2) is 8.07 Å². The molecule has 10 aromatic carbocycles. The Hall–Kier alpha value is -7.50. The van der Waals surface area contributed by atoms with Crippen molar-refractivity contribution in [2.75, 3.05) is 4.90 Å². The number of furan rings is 1. The van der Waals surface area contributed by atoms with Gasteiger partial charge in [0, 0.05) is 36.9 Å². The SMILES string of the molecule is c1ccc([Si]2(c3ccccc3)c3cc(N(c4ccc(-c5ccc6ccccc6c5)cc4)c4cccc5oc6ccccc6c45)ccc3-c3c2ccc2c3sc3ccccc32)cc1. The Bertz CT molecular complexity index is 3660. The summed E-state index contributed by atoms with van der Waals surface area (Å²) in [6, 6.07) is 83.1. The fourth-order valence-electron chi connectivity index (χ4n) is 10.4. The Labute approximate surface area is 364 Å². The standard InChI is InChI=1S/C58H37NOSSi/c1-3-16-44(17-4-1)62(45-18-5-2-6-19-45)54-35-34-47-46-20-10-12-25-53(46)61-58(47)57(54)49-33-32-43(37-55(49)62)59(50-22-13-24-52-56(50)48-21-9-11-23-51(48)60-52)42-30-28-39(29-31-42)41-27-26-38-14-7-8-15-40(38)36-41/h1-37H. The molecule has 0 atom stereocenters. The van der Waals surface area contributed by atoms with E-state index < -0.39 is 8.07 Å². The Morgan fingerprint density at radius 1 is 0.419 bits per heavy atom. The normalized spacial score (nSPS) is 13.0. The monoisotopic (exact) mass is 823 g/mol. The summed E-state index contributed by atoms with van der Waals surface area (Å²) >= 11 is 1.93. The fourth-order valence-corrected chi connectivity index (χ4v) is 17.0. The van der Waals surface area contributed by atoms with Gasteiger partial charge in [-0.15, -0.1) is 11.3 Å². The predicted octanol–water partition coefficient (Wildman–Crippen LogP) is 13.6. The molecule has 3 heterocycles. The molecule has 0 spiro atoms.